The zero-order valence-electron chi connectivity index (χ0n) is 15.1. The second kappa shape index (κ2) is 8.85. The van der Waals surface area contributed by atoms with Crippen LogP contribution in [0, 0.1) is 5.92 Å². The SMILES string of the molecule is COC(=O)C1CCN(C(=O)COC(=O)c2cccc(NS(C)(=O)=O)c2)CC1. The highest BCUT2D eigenvalue weighted by Gasteiger charge is 2.28. The molecule has 148 valence electrons. The van der Waals surface area contributed by atoms with Gasteiger partial charge >= 0.3 is 11.9 Å². The lowest BCUT2D eigenvalue weighted by Gasteiger charge is -2.30. The highest BCUT2D eigenvalue weighted by molar-refractivity contribution is 7.92. The number of methoxy groups -OCH3 is 1. The zero-order chi connectivity index (χ0) is 20.0. The van der Waals surface area contributed by atoms with Crippen molar-refractivity contribution in [1.29, 1.82) is 0 Å². The first-order valence-electron chi connectivity index (χ1n) is 8.30. The molecule has 1 aromatic carbocycles. The Bertz CT molecular complexity index is 814. The molecular formula is C17H22N2O7S. The Hall–Kier alpha value is -2.62. The molecule has 0 unspecified atom stereocenters. The van der Waals surface area contributed by atoms with Gasteiger partial charge in [-0.05, 0) is 31.0 Å². The van der Waals surface area contributed by atoms with Crippen LogP contribution in [-0.2, 0) is 29.1 Å². The van der Waals surface area contributed by atoms with Gasteiger partial charge in [-0.3, -0.25) is 14.3 Å². The fraction of sp³-hybridized carbons (Fsp3) is 0.471. The summed E-state index contributed by atoms with van der Waals surface area (Å²) in [4.78, 5) is 37.3. The summed E-state index contributed by atoms with van der Waals surface area (Å²) >= 11 is 0. The smallest absolute Gasteiger partial charge is 0.338 e. The maximum absolute atomic E-state index is 12.2. The van der Waals surface area contributed by atoms with Gasteiger partial charge < -0.3 is 14.4 Å². The van der Waals surface area contributed by atoms with Crippen molar-refractivity contribution >= 4 is 33.6 Å². The summed E-state index contributed by atoms with van der Waals surface area (Å²) in [6.45, 7) is 0.360. The third kappa shape index (κ3) is 6.24. The highest BCUT2D eigenvalue weighted by Crippen LogP contribution is 2.19. The second-order valence-electron chi connectivity index (χ2n) is 6.21. The van der Waals surface area contributed by atoms with Crippen molar-refractivity contribution in [3.63, 3.8) is 0 Å². The van der Waals surface area contributed by atoms with E-state index in [0.29, 0.717) is 25.9 Å². The average Bonchev–Trinajstić information content (AvgIpc) is 2.64. The number of rotatable bonds is 6. The summed E-state index contributed by atoms with van der Waals surface area (Å²) in [6, 6.07) is 5.79. The highest BCUT2D eigenvalue weighted by atomic mass is 32.2. The number of carbonyl (C=O) groups is 3. The Kier molecular flexibility index (Phi) is 6.78. The van der Waals surface area contributed by atoms with Gasteiger partial charge in [0.25, 0.3) is 5.91 Å². The number of benzene rings is 1. The van der Waals surface area contributed by atoms with Crippen LogP contribution in [0.5, 0.6) is 0 Å². The minimum absolute atomic E-state index is 0.126. The van der Waals surface area contributed by atoms with E-state index in [0.717, 1.165) is 6.26 Å². The van der Waals surface area contributed by atoms with Crippen molar-refractivity contribution in [2.75, 3.05) is 37.8 Å². The molecule has 1 fully saturated rings. The first-order valence-corrected chi connectivity index (χ1v) is 10.2. The van der Waals surface area contributed by atoms with Crippen LogP contribution in [0.2, 0.25) is 0 Å². The number of ether oxygens (including phenoxy) is 2. The van der Waals surface area contributed by atoms with Crippen molar-refractivity contribution in [2.24, 2.45) is 5.92 Å². The van der Waals surface area contributed by atoms with Crippen molar-refractivity contribution < 1.29 is 32.3 Å². The maximum Gasteiger partial charge on any atom is 0.338 e. The fourth-order valence-corrected chi connectivity index (χ4v) is 3.31. The molecule has 0 saturated carbocycles. The van der Waals surface area contributed by atoms with Crippen LogP contribution in [0.25, 0.3) is 0 Å². The van der Waals surface area contributed by atoms with Crippen LogP contribution in [0.15, 0.2) is 24.3 Å². The number of hydrogen-bond donors (Lipinski definition) is 1. The van der Waals surface area contributed by atoms with Crippen molar-refractivity contribution in [3.05, 3.63) is 29.8 Å². The molecule has 1 aliphatic heterocycles. The summed E-state index contributed by atoms with van der Waals surface area (Å²) in [6.07, 6.45) is 2.01. The molecule has 1 N–H and O–H groups in total. The molecule has 0 aliphatic carbocycles. The Morgan fingerprint density at radius 3 is 2.48 bits per heavy atom. The molecule has 0 aromatic heterocycles. The molecule has 1 aliphatic rings. The predicted octanol–water partition coefficient (Wildman–Crippen LogP) is 0.626. The molecule has 1 amide bonds. The molecule has 0 atom stereocenters. The number of hydrogen-bond acceptors (Lipinski definition) is 7. The van der Waals surface area contributed by atoms with E-state index in [1.165, 1.54) is 36.3 Å². The van der Waals surface area contributed by atoms with Crippen molar-refractivity contribution in [1.82, 2.24) is 4.90 Å². The number of nitrogens with zero attached hydrogens (tertiary/aromatic N) is 1. The Morgan fingerprint density at radius 1 is 1.22 bits per heavy atom. The van der Waals surface area contributed by atoms with Gasteiger partial charge in [-0.1, -0.05) is 6.07 Å². The third-order valence-corrected chi connectivity index (χ3v) is 4.72. The first-order chi connectivity index (χ1) is 12.7. The number of esters is 2. The third-order valence-electron chi connectivity index (χ3n) is 4.11. The van der Waals surface area contributed by atoms with Crippen LogP contribution < -0.4 is 4.72 Å². The van der Waals surface area contributed by atoms with Crippen molar-refractivity contribution in [2.45, 2.75) is 12.8 Å². The number of amides is 1. The van der Waals surface area contributed by atoms with Crippen LogP contribution in [0.3, 0.4) is 0 Å². The topological polar surface area (TPSA) is 119 Å². The van der Waals surface area contributed by atoms with Crippen LogP contribution in [0.4, 0.5) is 5.69 Å². The minimum Gasteiger partial charge on any atom is -0.469 e. The van der Waals surface area contributed by atoms with E-state index >= 15 is 0 Å². The van der Waals surface area contributed by atoms with Gasteiger partial charge in [0.2, 0.25) is 10.0 Å². The number of sulfonamides is 1. The molecule has 0 spiro atoms. The predicted molar refractivity (Wildman–Crippen MR) is 96.5 cm³/mol. The van der Waals surface area contributed by atoms with E-state index < -0.39 is 22.6 Å². The molecule has 9 nitrogen and oxygen atoms in total. The summed E-state index contributed by atoms with van der Waals surface area (Å²) < 4.78 is 34.5. The first kappa shape index (κ1) is 20.7. The van der Waals surface area contributed by atoms with E-state index in [-0.39, 0.29) is 29.0 Å². The molecule has 27 heavy (non-hydrogen) atoms. The minimum atomic E-state index is -3.47. The van der Waals surface area contributed by atoms with Crippen LogP contribution in [-0.4, -0.2) is 64.2 Å². The number of carbonyl (C=O) groups excluding carboxylic acids is 3. The van der Waals surface area contributed by atoms with E-state index in [1.807, 2.05) is 0 Å². The quantitative estimate of drug-likeness (QED) is 0.698. The average molecular weight is 398 g/mol. The molecule has 1 heterocycles. The fourth-order valence-electron chi connectivity index (χ4n) is 2.76. The molecule has 10 heteroatoms. The molecular weight excluding hydrogens is 376 g/mol. The van der Waals surface area contributed by atoms with Gasteiger partial charge in [0.15, 0.2) is 6.61 Å². The normalized spacial score (nSPS) is 15.1. The van der Waals surface area contributed by atoms with E-state index in [2.05, 4.69) is 4.72 Å². The molecule has 1 aromatic rings. The molecule has 1 saturated heterocycles. The number of likely N-dealkylation sites (tertiary alicyclic amines) is 1. The summed E-state index contributed by atoms with van der Waals surface area (Å²) in [5.74, 6) is -1.58. The van der Waals surface area contributed by atoms with Crippen LogP contribution in [0.1, 0.15) is 23.2 Å². The summed E-state index contributed by atoms with van der Waals surface area (Å²) in [5, 5.41) is 0. The van der Waals surface area contributed by atoms with Crippen LogP contribution >= 0.6 is 0 Å². The largest absolute Gasteiger partial charge is 0.469 e. The molecule has 0 radical (unpaired) electrons. The van der Waals surface area contributed by atoms with Gasteiger partial charge in [-0.25, -0.2) is 13.2 Å². The van der Waals surface area contributed by atoms with E-state index in [4.69, 9.17) is 9.47 Å². The lowest BCUT2D eigenvalue weighted by Crippen LogP contribution is -2.42. The zero-order valence-corrected chi connectivity index (χ0v) is 16.0. The van der Waals surface area contributed by atoms with Gasteiger partial charge in [0.05, 0.1) is 24.8 Å². The maximum atomic E-state index is 12.2. The van der Waals surface area contributed by atoms with Gasteiger partial charge in [-0.2, -0.15) is 0 Å². The summed E-state index contributed by atoms with van der Waals surface area (Å²) in [7, 11) is -2.14. The van der Waals surface area contributed by atoms with Gasteiger partial charge in [0, 0.05) is 18.8 Å². The molecule has 0 bridgehead atoms. The Morgan fingerprint density at radius 2 is 1.89 bits per heavy atom. The van der Waals surface area contributed by atoms with Crippen molar-refractivity contribution in [3.8, 4) is 0 Å². The number of anilines is 1. The Labute approximate surface area is 157 Å². The Balaban J connectivity index is 1.86. The summed E-state index contributed by atoms with van der Waals surface area (Å²) in [5.41, 5.74) is 0.351. The lowest BCUT2D eigenvalue weighted by atomic mass is 9.97. The number of piperidine rings is 1. The van der Waals surface area contributed by atoms with E-state index in [9.17, 15) is 22.8 Å². The van der Waals surface area contributed by atoms with E-state index in [1.54, 1.807) is 0 Å². The number of nitrogens with one attached hydrogen (secondary N) is 1. The molecule has 2 rings (SSSR count). The van der Waals surface area contributed by atoms with Gasteiger partial charge in [0.1, 0.15) is 0 Å². The lowest BCUT2D eigenvalue weighted by molar-refractivity contribution is -0.149. The second-order valence-corrected chi connectivity index (χ2v) is 7.96. The van der Waals surface area contributed by atoms with Gasteiger partial charge in [-0.15, -0.1) is 0 Å². The standard InChI is InChI=1S/C17H22N2O7S/c1-25-16(21)12-6-8-19(9-7-12)15(20)11-26-17(22)13-4-3-5-14(10-13)18-27(2,23)24/h3-5,10,12,18H,6-9,11H2,1-2H3. The monoisotopic (exact) mass is 398 g/mol.